The highest BCUT2D eigenvalue weighted by atomic mass is 32.2. The summed E-state index contributed by atoms with van der Waals surface area (Å²) >= 11 is -1.43. The summed E-state index contributed by atoms with van der Waals surface area (Å²) in [6.07, 6.45) is 1.60. The van der Waals surface area contributed by atoms with Gasteiger partial charge in [-0.1, -0.05) is 99.7 Å². The van der Waals surface area contributed by atoms with Gasteiger partial charge in [-0.25, -0.2) is 4.98 Å². The quantitative estimate of drug-likeness (QED) is 0.139. The van der Waals surface area contributed by atoms with E-state index in [1.807, 2.05) is 52.0 Å². The van der Waals surface area contributed by atoms with Gasteiger partial charge in [0, 0.05) is 24.6 Å². The largest absolute Gasteiger partial charge is 0.591 e. The minimum Gasteiger partial charge on any atom is -0.591 e. The predicted octanol–water partition coefficient (Wildman–Crippen LogP) is 5.98. The monoisotopic (exact) mass is 615 g/mol. The van der Waals surface area contributed by atoms with Crippen LogP contribution in [-0.4, -0.2) is 40.0 Å². The molecular weight excluding hydrogens is 571 g/mol. The Bertz CT molecular complexity index is 1630. The van der Waals surface area contributed by atoms with E-state index >= 15 is 0 Å². The lowest BCUT2D eigenvalue weighted by Crippen LogP contribution is -2.67. The van der Waals surface area contributed by atoms with Crippen molar-refractivity contribution in [2.45, 2.75) is 77.5 Å². The molecule has 0 amide bonds. The van der Waals surface area contributed by atoms with Crippen molar-refractivity contribution in [1.29, 1.82) is 0 Å². The molecule has 0 saturated carbocycles. The van der Waals surface area contributed by atoms with E-state index in [1.54, 1.807) is 17.8 Å². The molecule has 0 bridgehead atoms. The summed E-state index contributed by atoms with van der Waals surface area (Å²) in [7, 11) is -1.03. The van der Waals surface area contributed by atoms with Gasteiger partial charge in [0.1, 0.15) is 21.9 Å². The van der Waals surface area contributed by atoms with Crippen LogP contribution in [0.3, 0.4) is 0 Å². The maximum atomic E-state index is 13.8. The number of benzene rings is 3. The number of hydrogen-bond acceptors (Lipinski definition) is 5. The van der Waals surface area contributed by atoms with Crippen LogP contribution in [-0.2, 0) is 28.3 Å². The molecule has 4 rings (SSSR count). The summed E-state index contributed by atoms with van der Waals surface area (Å²) in [5, 5.41) is 2.73. The molecule has 8 heteroatoms. The van der Waals surface area contributed by atoms with E-state index in [-0.39, 0.29) is 10.6 Å². The highest BCUT2D eigenvalue weighted by molar-refractivity contribution is 7.91. The van der Waals surface area contributed by atoms with Gasteiger partial charge in [-0.15, -0.1) is 0 Å². The zero-order valence-electron chi connectivity index (χ0n) is 27.2. The number of hydrogen-bond donors (Lipinski definition) is 0. The molecule has 0 saturated heterocycles. The Balaban J connectivity index is 1.85. The lowest BCUT2D eigenvalue weighted by molar-refractivity contribution is 0.216. The molecular formula is C35H45N3O3SSi. The fraction of sp³-hybridized carbons (Fsp3) is 0.400. The first-order valence-electron chi connectivity index (χ1n) is 14.7. The van der Waals surface area contributed by atoms with Crippen molar-refractivity contribution >= 4 is 47.2 Å². The first-order chi connectivity index (χ1) is 20.0. The van der Waals surface area contributed by atoms with Crippen LogP contribution < -0.4 is 15.9 Å². The number of aryl methyl sites for hydroxylation is 1. The zero-order chi connectivity index (χ0) is 31.8. The third-order valence-corrected chi connectivity index (χ3v) is 14.2. The molecule has 1 atom stereocenters. The van der Waals surface area contributed by atoms with E-state index in [9.17, 15) is 9.35 Å². The van der Waals surface area contributed by atoms with Crippen molar-refractivity contribution in [3.63, 3.8) is 0 Å². The highest BCUT2D eigenvalue weighted by Crippen LogP contribution is 2.38. The van der Waals surface area contributed by atoms with E-state index in [4.69, 9.17) is 9.41 Å². The number of rotatable bonds is 8. The van der Waals surface area contributed by atoms with E-state index in [0.717, 1.165) is 5.56 Å². The molecule has 43 heavy (non-hydrogen) atoms. The van der Waals surface area contributed by atoms with Crippen molar-refractivity contribution in [3.05, 3.63) is 100 Å². The van der Waals surface area contributed by atoms with Crippen LogP contribution in [0.25, 0.3) is 10.9 Å². The SMILES string of the molecule is Cc1cc(C=N[S+]([O-])C(C)(C)C)c2nc(C(C)(C)CO[Si](c3ccccc3)(c3ccccc3)C(C)(C)C)n(C)c(=O)c2c1. The molecule has 228 valence electrons. The summed E-state index contributed by atoms with van der Waals surface area (Å²) in [5.41, 5.74) is 1.39. The molecule has 3 aromatic carbocycles. The Hall–Kier alpha value is -3.04. The van der Waals surface area contributed by atoms with Gasteiger partial charge in [0.2, 0.25) is 0 Å². The topological polar surface area (TPSA) is 79.5 Å². The Morgan fingerprint density at radius 2 is 1.47 bits per heavy atom. The second kappa shape index (κ2) is 12.2. The number of aromatic nitrogens is 2. The summed E-state index contributed by atoms with van der Waals surface area (Å²) < 4.78 is 25.5. The van der Waals surface area contributed by atoms with Gasteiger partial charge in [0.05, 0.1) is 17.1 Å². The first kappa shape index (κ1) is 32.9. The molecule has 0 aliphatic carbocycles. The van der Waals surface area contributed by atoms with E-state index in [2.05, 4.69) is 87.5 Å². The number of nitrogens with zero attached hydrogens (tertiary/aromatic N) is 3. The van der Waals surface area contributed by atoms with Crippen LogP contribution in [0.2, 0.25) is 5.04 Å². The van der Waals surface area contributed by atoms with Crippen molar-refractivity contribution in [2.75, 3.05) is 6.61 Å². The van der Waals surface area contributed by atoms with Gasteiger partial charge in [0.15, 0.2) is 0 Å². The molecule has 0 radical (unpaired) electrons. The first-order valence-corrected chi connectivity index (χ1v) is 17.7. The van der Waals surface area contributed by atoms with Crippen molar-refractivity contribution in [3.8, 4) is 0 Å². The lowest BCUT2D eigenvalue weighted by atomic mass is 9.93. The second-order valence-corrected chi connectivity index (χ2v) is 20.2. The summed E-state index contributed by atoms with van der Waals surface area (Å²) in [6, 6.07) is 24.9. The second-order valence-electron chi connectivity index (χ2n) is 14.0. The maximum Gasteiger partial charge on any atom is 0.261 e. The molecule has 1 heterocycles. The third-order valence-electron chi connectivity index (χ3n) is 7.84. The summed E-state index contributed by atoms with van der Waals surface area (Å²) in [5.74, 6) is 0.623. The van der Waals surface area contributed by atoms with Crippen molar-refractivity contribution in [2.24, 2.45) is 11.4 Å². The van der Waals surface area contributed by atoms with Gasteiger partial charge in [0.25, 0.3) is 13.9 Å². The van der Waals surface area contributed by atoms with Crippen LogP contribution >= 0.6 is 0 Å². The average molecular weight is 616 g/mol. The summed E-state index contributed by atoms with van der Waals surface area (Å²) in [4.78, 5) is 18.9. The maximum absolute atomic E-state index is 13.8. The lowest BCUT2D eigenvalue weighted by Gasteiger charge is -2.44. The molecule has 0 aliphatic heterocycles. The van der Waals surface area contributed by atoms with Gasteiger partial charge < -0.3 is 8.98 Å². The standard InChI is InChI=1S/C35H45N3O3SSi/c1-25-21-26(23-36-42(40)33(2,3)4)30-29(22-25)31(39)38(10)32(37-30)35(8,9)24-41-43(34(5,6)7,27-17-13-11-14-18-27)28-19-15-12-16-20-28/h11-23H,24H2,1-10H3. The molecule has 1 unspecified atom stereocenters. The Morgan fingerprint density at radius 3 is 1.95 bits per heavy atom. The highest BCUT2D eigenvalue weighted by Gasteiger charge is 2.51. The predicted molar refractivity (Wildman–Crippen MR) is 184 cm³/mol. The van der Waals surface area contributed by atoms with Crippen LogP contribution in [0.4, 0.5) is 0 Å². The van der Waals surface area contributed by atoms with Crippen LogP contribution in [0.5, 0.6) is 0 Å². The molecule has 0 spiro atoms. The zero-order valence-corrected chi connectivity index (χ0v) is 29.0. The molecule has 1 aromatic heterocycles. The minimum absolute atomic E-state index is 0.131. The van der Waals surface area contributed by atoms with E-state index in [1.165, 1.54) is 10.4 Å². The van der Waals surface area contributed by atoms with Crippen LogP contribution in [0.15, 0.2) is 82.0 Å². The molecule has 4 aromatic rings. The van der Waals surface area contributed by atoms with Crippen molar-refractivity contribution < 1.29 is 8.98 Å². The normalized spacial score (nSPS) is 14.0. The fourth-order valence-corrected chi connectivity index (χ4v) is 10.9. The smallest absolute Gasteiger partial charge is 0.261 e. The van der Waals surface area contributed by atoms with Crippen LogP contribution in [0, 0.1) is 6.92 Å². The Kier molecular flexibility index (Phi) is 9.29. The molecule has 0 fully saturated rings. The molecule has 0 N–H and O–H groups in total. The summed E-state index contributed by atoms with van der Waals surface area (Å²) in [6.45, 7) is 18.9. The number of fused-ring (bicyclic) bond motifs is 1. The van der Waals surface area contributed by atoms with Gasteiger partial charge in [-0.05, 0) is 60.8 Å². The van der Waals surface area contributed by atoms with Crippen molar-refractivity contribution in [1.82, 2.24) is 9.55 Å². The molecule has 6 nitrogen and oxygen atoms in total. The molecule has 0 aliphatic rings. The van der Waals surface area contributed by atoms with Gasteiger partial charge in [-0.2, -0.15) is 0 Å². The van der Waals surface area contributed by atoms with Gasteiger partial charge >= 0.3 is 0 Å². The van der Waals surface area contributed by atoms with Gasteiger partial charge in [-0.3, -0.25) is 9.36 Å². The third kappa shape index (κ3) is 6.58. The van der Waals surface area contributed by atoms with Crippen LogP contribution in [0.1, 0.15) is 72.3 Å². The Labute approximate surface area is 260 Å². The minimum atomic E-state index is -2.81. The fourth-order valence-electron chi connectivity index (χ4n) is 5.63. The van der Waals surface area contributed by atoms with E-state index < -0.39 is 29.8 Å². The average Bonchev–Trinajstić information content (AvgIpc) is 2.93. The Morgan fingerprint density at radius 1 is 0.930 bits per heavy atom. The van der Waals surface area contributed by atoms with E-state index in [0.29, 0.717) is 28.9 Å².